The van der Waals surface area contributed by atoms with Gasteiger partial charge in [0.05, 0.1) is 11.5 Å². The lowest BCUT2D eigenvalue weighted by Gasteiger charge is -2.12. The summed E-state index contributed by atoms with van der Waals surface area (Å²) in [6, 6.07) is 12.9. The lowest BCUT2D eigenvalue weighted by atomic mass is 10.1. The maximum absolute atomic E-state index is 13.9. The molecule has 4 rings (SSSR count). The van der Waals surface area contributed by atoms with Gasteiger partial charge in [0.15, 0.2) is 0 Å². The highest BCUT2D eigenvalue weighted by molar-refractivity contribution is 6.13. The van der Waals surface area contributed by atoms with Gasteiger partial charge in [0.25, 0.3) is 11.6 Å². The number of carbonyl (C=O) groups excluding carboxylic acids is 2. The summed E-state index contributed by atoms with van der Waals surface area (Å²) in [7, 11) is 0. The second kappa shape index (κ2) is 7.86. The Balaban J connectivity index is 1.56. The number of nitro groups is 1. The third kappa shape index (κ3) is 3.93. The number of non-ortho nitro benzene ring substituents is 1. The van der Waals surface area contributed by atoms with Gasteiger partial charge >= 0.3 is 6.03 Å². The van der Waals surface area contributed by atoms with E-state index in [0.29, 0.717) is 22.6 Å². The van der Waals surface area contributed by atoms with E-state index in [1.165, 1.54) is 36.4 Å². The molecule has 0 atom stereocenters. The first-order chi connectivity index (χ1) is 14.8. The van der Waals surface area contributed by atoms with Crippen LogP contribution >= 0.6 is 0 Å². The van der Waals surface area contributed by atoms with Crippen molar-refractivity contribution in [2.75, 3.05) is 0 Å². The van der Waals surface area contributed by atoms with Gasteiger partial charge in [-0.05, 0) is 36.8 Å². The van der Waals surface area contributed by atoms with Crippen molar-refractivity contribution in [1.29, 1.82) is 0 Å². The zero-order chi connectivity index (χ0) is 22.1. The van der Waals surface area contributed by atoms with E-state index in [4.69, 9.17) is 4.42 Å². The molecule has 1 N–H and O–H groups in total. The normalized spacial score (nSPS) is 14.9. The van der Waals surface area contributed by atoms with Gasteiger partial charge in [-0.1, -0.05) is 18.2 Å². The Bertz CT molecular complexity index is 1250. The molecule has 1 aliphatic rings. The molecular weight excluding hydrogens is 405 g/mol. The fourth-order valence-corrected chi connectivity index (χ4v) is 3.27. The van der Waals surface area contributed by atoms with Crippen molar-refractivity contribution in [2.24, 2.45) is 0 Å². The third-order valence-electron chi connectivity index (χ3n) is 4.85. The number of nitro benzene ring substituents is 1. The second-order valence-electron chi connectivity index (χ2n) is 6.93. The highest BCUT2D eigenvalue weighted by atomic mass is 19.1. The number of nitrogens with zero attached hydrogens (tertiary/aromatic N) is 2. The average molecular weight is 421 g/mol. The molecule has 0 bridgehead atoms. The molecule has 3 aromatic rings. The van der Waals surface area contributed by atoms with Crippen LogP contribution in [0, 0.1) is 22.9 Å². The minimum atomic E-state index is -0.655. The smallest absolute Gasteiger partial charge is 0.329 e. The molecule has 9 heteroatoms. The zero-order valence-electron chi connectivity index (χ0n) is 16.3. The van der Waals surface area contributed by atoms with E-state index in [9.17, 15) is 24.1 Å². The van der Waals surface area contributed by atoms with Crippen LogP contribution in [-0.4, -0.2) is 21.8 Å². The molecule has 0 spiro atoms. The summed E-state index contributed by atoms with van der Waals surface area (Å²) in [5, 5.41) is 13.4. The summed E-state index contributed by atoms with van der Waals surface area (Å²) in [6.45, 7) is 1.53. The Morgan fingerprint density at radius 3 is 2.65 bits per heavy atom. The van der Waals surface area contributed by atoms with Crippen LogP contribution in [0.25, 0.3) is 17.4 Å². The third-order valence-corrected chi connectivity index (χ3v) is 4.85. The first-order valence-electron chi connectivity index (χ1n) is 9.26. The molecule has 156 valence electrons. The molecular formula is C22H16FN3O5. The number of rotatable bonds is 5. The van der Waals surface area contributed by atoms with Gasteiger partial charge in [0.2, 0.25) is 0 Å². The Morgan fingerprint density at radius 2 is 1.94 bits per heavy atom. The summed E-state index contributed by atoms with van der Waals surface area (Å²) < 4.78 is 19.6. The molecule has 2 aromatic carbocycles. The molecule has 31 heavy (non-hydrogen) atoms. The Hall–Kier alpha value is -4.27. The lowest BCUT2D eigenvalue weighted by Crippen LogP contribution is -2.30. The summed E-state index contributed by atoms with van der Waals surface area (Å²) in [6.07, 6.45) is 1.38. The predicted octanol–water partition coefficient (Wildman–Crippen LogP) is 4.40. The van der Waals surface area contributed by atoms with Crippen LogP contribution in [0.4, 0.5) is 14.9 Å². The Morgan fingerprint density at radius 1 is 1.16 bits per heavy atom. The minimum Gasteiger partial charge on any atom is -0.457 e. The van der Waals surface area contributed by atoms with Gasteiger partial charge in [-0.25, -0.2) is 9.18 Å². The Kier molecular flexibility index (Phi) is 5.08. The highest BCUT2D eigenvalue weighted by Crippen LogP contribution is 2.29. The number of halogens is 1. The molecule has 1 fully saturated rings. The van der Waals surface area contributed by atoms with E-state index in [0.717, 1.165) is 4.90 Å². The number of imide groups is 1. The van der Waals surface area contributed by atoms with Crippen LogP contribution in [0.15, 0.2) is 64.7 Å². The highest BCUT2D eigenvalue weighted by Gasteiger charge is 2.34. The van der Waals surface area contributed by atoms with Crippen molar-refractivity contribution >= 4 is 23.7 Å². The number of furan rings is 1. The molecule has 1 aromatic heterocycles. The number of hydrogen-bond acceptors (Lipinski definition) is 5. The average Bonchev–Trinajstić information content (AvgIpc) is 3.29. The molecule has 0 unspecified atom stereocenters. The monoisotopic (exact) mass is 421 g/mol. The van der Waals surface area contributed by atoms with E-state index < -0.39 is 22.7 Å². The fraction of sp³-hybridized carbons (Fsp3) is 0.0909. The zero-order valence-corrected chi connectivity index (χ0v) is 16.3. The quantitative estimate of drug-likeness (QED) is 0.285. The molecule has 8 nitrogen and oxygen atoms in total. The van der Waals surface area contributed by atoms with Crippen molar-refractivity contribution in [2.45, 2.75) is 13.5 Å². The topological polar surface area (TPSA) is 106 Å². The van der Waals surface area contributed by atoms with Crippen LogP contribution in [-0.2, 0) is 11.3 Å². The van der Waals surface area contributed by atoms with Crippen molar-refractivity contribution in [3.05, 3.63) is 93.1 Å². The van der Waals surface area contributed by atoms with E-state index in [-0.39, 0.29) is 23.5 Å². The summed E-state index contributed by atoms with van der Waals surface area (Å²) in [5.74, 6) is -0.337. The van der Waals surface area contributed by atoms with Crippen LogP contribution < -0.4 is 5.32 Å². The van der Waals surface area contributed by atoms with Crippen molar-refractivity contribution in [3.63, 3.8) is 0 Å². The second-order valence-corrected chi connectivity index (χ2v) is 6.93. The van der Waals surface area contributed by atoms with Gasteiger partial charge < -0.3 is 9.73 Å². The number of aryl methyl sites for hydroxylation is 1. The van der Waals surface area contributed by atoms with Crippen LogP contribution in [0.5, 0.6) is 0 Å². The maximum atomic E-state index is 13.9. The molecule has 2 heterocycles. The summed E-state index contributed by atoms with van der Waals surface area (Å²) >= 11 is 0. The Labute approximate surface area is 175 Å². The fourth-order valence-electron chi connectivity index (χ4n) is 3.27. The van der Waals surface area contributed by atoms with Gasteiger partial charge in [0, 0.05) is 29.3 Å². The first kappa shape index (κ1) is 20.0. The van der Waals surface area contributed by atoms with E-state index >= 15 is 0 Å². The number of carbonyl (C=O) groups is 2. The maximum Gasteiger partial charge on any atom is 0.329 e. The first-order valence-corrected chi connectivity index (χ1v) is 9.26. The van der Waals surface area contributed by atoms with E-state index in [1.54, 1.807) is 31.2 Å². The number of urea groups is 1. The molecule has 1 aliphatic heterocycles. The largest absolute Gasteiger partial charge is 0.457 e. The molecule has 0 radical (unpaired) electrons. The van der Waals surface area contributed by atoms with Crippen LogP contribution in [0.1, 0.15) is 16.9 Å². The standard InChI is InChI=1S/C22H16FN3O5/c1-13-10-15(26(29)30)6-8-17(13)20-9-7-16(31-20)11-19-21(27)25(22(28)24-19)12-14-4-2-3-5-18(14)23/h2-11H,12H2,1H3,(H,24,28). The SMILES string of the molecule is Cc1cc([N+](=O)[O-])ccc1-c1ccc(C=C2NC(=O)N(Cc3ccccc3F)C2=O)o1. The number of benzene rings is 2. The van der Waals surface area contributed by atoms with Crippen molar-refractivity contribution in [3.8, 4) is 11.3 Å². The van der Waals surface area contributed by atoms with Crippen molar-refractivity contribution in [1.82, 2.24) is 10.2 Å². The number of nitrogens with one attached hydrogen (secondary N) is 1. The van der Waals surface area contributed by atoms with E-state index in [2.05, 4.69) is 5.32 Å². The predicted molar refractivity (Wildman–Crippen MR) is 109 cm³/mol. The van der Waals surface area contributed by atoms with Crippen molar-refractivity contribution < 1.29 is 23.3 Å². The number of hydrogen-bond donors (Lipinski definition) is 1. The van der Waals surface area contributed by atoms with Crippen LogP contribution in [0.3, 0.4) is 0 Å². The molecule has 1 saturated heterocycles. The summed E-state index contributed by atoms with van der Waals surface area (Å²) in [4.78, 5) is 36.2. The molecule has 0 saturated carbocycles. The van der Waals surface area contributed by atoms with Gasteiger partial charge in [-0.15, -0.1) is 0 Å². The van der Waals surface area contributed by atoms with Gasteiger partial charge in [-0.2, -0.15) is 0 Å². The number of amides is 3. The van der Waals surface area contributed by atoms with Crippen LogP contribution in [0.2, 0.25) is 0 Å². The minimum absolute atomic E-state index is 0.00246. The van der Waals surface area contributed by atoms with Gasteiger partial charge in [-0.3, -0.25) is 19.8 Å². The molecule has 3 amide bonds. The molecule has 0 aliphatic carbocycles. The summed E-state index contributed by atoms with van der Waals surface area (Å²) in [5.41, 5.74) is 1.52. The van der Waals surface area contributed by atoms with E-state index in [1.807, 2.05) is 0 Å². The van der Waals surface area contributed by atoms with Gasteiger partial charge in [0.1, 0.15) is 23.0 Å². The lowest BCUT2D eigenvalue weighted by molar-refractivity contribution is -0.384.